The maximum Gasteiger partial charge on any atom is 0.0286 e. The van der Waals surface area contributed by atoms with Gasteiger partial charge in [0.25, 0.3) is 0 Å². The molecular formula is C7H16N2O3. The Balaban J connectivity index is 2.20. The van der Waals surface area contributed by atoms with Gasteiger partial charge in [-0.1, -0.05) is 5.04 Å². The van der Waals surface area contributed by atoms with E-state index in [2.05, 4.69) is 29.0 Å². The zero-order valence-corrected chi connectivity index (χ0v) is 7.56. The van der Waals surface area contributed by atoms with Gasteiger partial charge in [0.05, 0.1) is 0 Å². The molecule has 1 fully saturated rings. The van der Waals surface area contributed by atoms with Crippen LogP contribution in [-0.4, -0.2) is 48.4 Å². The van der Waals surface area contributed by atoms with Crippen LogP contribution in [0, 0.1) is 0 Å². The van der Waals surface area contributed by atoms with Crippen molar-refractivity contribution in [1.29, 1.82) is 0 Å². The first kappa shape index (κ1) is 9.88. The number of hydroxylamine groups is 2. The Bertz CT molecular complexity index is 124. The van der Waals surface area contributed by atoms with Gasteiger partial charge in [-0.25, -0.2) is 5.26 Å². The second-order valence-corrected chi connectivity index (χ2v) is 3.27. The standard InChI is InChI=1S/C7H16N2O3/c1-8(2)7-3-5-9(6-4-7)11-12-10/h7,10H,3-6H2,1-2H3. The van der Waals surface area contributed by atoms with E-state index in [1.54, 1.807) is 5.06 Å². The zero-order chi connectivity index (χ0) is 8.97. The van der Waals surface area contributed by atoms with Crippen LogP contribution >= 0.6 is 0 Å². The number of nitrogens with zero attached hydrogens (tertiary/aromatic N) is 2. The molecule has 0 bridgehead atoms. The first-order valence-electron chi connectivity index (χ1n) is 4.13. The lowest BCUT2D eigenvalue weighted by Crippen LogP contribution is -2.41. The molecule has 0 aromatic carbocycles. The van der Waals surface area contributed by atoms with Crippen molar-refractivity contribution < 1.29 is 15.3 Å². The Hall–Kier alpha value is -0.200. The van der Waals surface area contributed by atoms with Crippen molar-refractivity contribution in [2.45, 2.75) is 18.9 Å². The minimum Gasteiger partial charge on any atom is -0.306 e. The summed E-state index contributed by atoms with van der Waals surface area (Å²) in [6, 6.07) is 0.614. The molecule has 0 spiro atoms. The smallest absolute Gasteiger partial charge is 0.0286 e. The van der Waals surface area contributed by atoms with Crippen LogP contribution in [0.15, 0.2) is 0 Å². The quantitative estimate of drug-likeness (QED) is 0.496. The highest BCUT2D eigenvalue weighted by molar-refractivity contribution is 4.72. The summed E-state index contributed by atoms with van der Waals surface area (Å²) in [7, 11) is 4.15. The van der Waals surface area contributed by atoms with Crippen molar-refractivity contribution in [2.75, 3.05) is 27.2 Å². The number of hydrogen-bond donors (Lipinski definition) is 1. The molecule has 1 aliphatic heterocycles. The van der Waals surface area contributed by atoms with Crippen molar-refractivity contribution in [3.8, 4) is 0 Å². The fourth-order valence-corrected chi connectivity index (χ4v) is 1.48. The van der Waals surface area contributed by atoms with Gasteiger partial charge in [-0.05, 0) is 26.9 Å². The molecule has 0 radical (unpaired) electrons. The van der Waals surface area contributed by atoms with E-state index in [-0.39, 0.29) is 0 Å². The van der Waals surface area contributed by atoms with Gasteiger partial charge in [0, 0.05) is 19.1 Å². The molecule has 12 heavy (non-hydrogen) atoms. The summed E-state index contributed by atoms with van der Waals surface area (Å²) in [4.78, 5) is 6.69. The van der Waals surface area contributed by atoms with E-state index < -0.39 is 0 Å². The summed E-state index contributed by atoms with van der Waals surface area (Å²) in [5.41, 5.74) is 0. The lowest BCUT2D eigenvalue weighted by atomic mass is 10.1. The van der Waals surface area contributed by atoms with Gasteiger partial charge in [0.2, 0.25) is 0 Å². The highest BCUT2D eigenvalue weighted by atomic mass is 17.5. The second kappa shape index (κ2) is 4.74. The second-order valence-electron chi connectivity index (χ2n) is 3.27. The zero-order valence-electron chi connectivity index (χ0n) is 7.56. The fourth-order valence-electron chi connectivity index (χ4n) is 1.48. The Morgan fingerprint density at radius 1 is 1.33 bits per heavy atom. The van der Waals surface area contributed by atoms with Crippen molar-refractivity contribution >= 4 is 0 Å². The molecule has 0 aliphatic carbocycles. The monoisotopic (exact) mass is 176 g/mol. The number of piperidine rings is 1. The predicted octanol–water partition coefficient (Wildman–Crippen LogP) is 0.349. The van der Waals surface area contributed by atoms with Gasteiger partial charge >= 0.3 is 0 Å². The molecule has 1 N–H and O–H groups in total. The first-order valence-corrected chi connectivity index (χ1v) is 4.13. The van der Waals surface area contributed by atoms with Crippen LogP contribution < -0.4 is 0 Å². The maximum atomic E-state index is 8.02. The van der Waals surface area contributed by atoms with Crippen molar-refractivity contribution in [3.05, 3.63) is 0 Å². The van der Waals surface area contributed by atoms with Crippen LogP contribution in [0.1, 0.15) is 12.8 Å². The third kappa shape index (κ3) is 2.69. The van der Waals surface area contributed by atoms with E-state index in [0.717, 1.165) is 25.9 Å². The van der Waals surface area contributed by atoms with E-state index in [0.29, 0.717) is 6.04 Å². The first-order chi connectivity index (χ1) is 5.74. The van der Waals surface area contributed by atoms with Gasteiger partial charge in [-0.3, -0.25) is 0 Å². The summed E-state index contributed by atoms with van der Waals surface area (Å²) in [6.07, 6.45) is 2.08. The van der Waals surface area contributed by atoms with Gasteiger partial charge in [-0.15, -0.1) is 4.99 Å². The van der Waals surface area contributed by atoms with Crippen LogP contribution in [0.5, 0.6) is 0 Å². The van der Waals surface area contributed by atoms with Gasteiger partial charge in [-0.2, -0.15) is 5.06 Å². The Kier molecular flexibility index (Phi) is 3.90. The summed E-state index contributed by atoms with van der Waals surface area (Å²) in [5, 5.41) is 13.2. The van der Waals surface area contributed by atoms with E-state index in [9.17, 15) is 0 Å². The van der Waals surface area contributed by atoms with Crippen LogP contribution in [-0.2, 0) is 10.0 Å². The molecule has 5 nitrogen and oxygen atoms in total. The molecule has 0 atom stereocenters. The van der Waals surface area contributed by atoms with Crippen molar-refractivity contribution in [2.24, 2.45) is 0 Å². The highest BCUT2D eigenvalue weighted by Crippen LogP contribution is 2.13. The number of rotatable bonds is 3. The third-order valence-corrected chi connectivity index (χ3v) is 2.29. The topological polar surface area (TPSA) is 45.2 Å². The van der Waals surface area contributed by atoms with Crippen LogP contribution in [0.3, 0.4) is 0 Å². The molecule has 0 aromatic heterocycles. The Morgan fingerprint density at radius 3 is 2.33 bits per heavy atom. The minimum atomic E-state index is 0.614. The molecular weight excluding hydrogens is 160 g/mol. The molecule has 0 unspecified atom stereocenters. The van der Waals surface area contributed by atoms with Gasteiger partial charge in [0.1, 0.15) is 0 Å². The Morgan fingerprint density at radius 2 is 1.92 bits per heavy atom. The molecule has 0 aromatic rings. The summed E-state index contributed by atoms with van der Waals surface area (Å²) >= 11 is 0. The van der Waals surface area contributed by atoms with Crippen LogP contribution in [0.2, 0.25) is 0 Å². The molecule has 1 aliphatic rings. The predicted molar refractivity (Wildman–Crippen MR) is 43.1 cm³/mol. The highest BCUT2D eigenvalue weighted by Gasteiger charge is 2.21. The average Bonchev–Trinajstić information content (AvgIpc) is 2.06. The minimum absolute atomic E-state index is 0.614. The molecule has 1 rings (SSSR count). The molecule has 5 heteroatoms. The molecule has 0 amide bonds. The molecule has 72 valence electrons. The molecule has 0 saturated carbocycles. The van der Waals surface area contributed by atoms with Crippen molar-refractivity contribution in [1.82, 2.24) is 9.96 Å². The van der Waals surface area contributed by atoms with Crippen LogP contribution in [0.25, 0.3) is 0 Å². The molecule has 1 heterocycles. The third-order valence-electron chi connectivity index (χ3n) is 2.29. The maximum absolute atomic E-state index is 8.02. The summed E-state index contributed by atoms with van der Waals surface area (Å²) < 4.78 is 0. The summed E-state index contributed by atoms with van der Waals surface area (Å²) in [6.45, 7) is 1.59. The fraction of sp³-hybridized carbons (Fsp3) is 1.00. The van der Waals surface area contributed by atoms with Crippen molar-refractivity contribution in [3.63, 3.8) is 0 Å². The average molecular weight is 176 g/mol. The SMILES string of the molecule is CN(C)C1CCN(OOO)CC1. The normalized spacial score (nSPS) is 22.0. The van der Waals surface area contributed by atoms with Gasteiger partial charge in [0.15, 0.2) is 0 Å². The summed E-state index contributed by atoms with van der Waals surface area (Å²) in [5.74, 6) is 0. The molecule has 1 saturated heterocycles. The van der Waals surface area contributed by atoms with E-state index in [1.807, 2.05) is 0 Å². The lowest BCUT2D eigenvalue weighted by Gasteiger charge is -2.32. The van der Waals surface area contributed by atoms with E-state index in [4.69, 9.17) is 5.26 Å². The van der Waals surface area contributed by atoms with Gasteiger partial charge < -0.3 is 4.90 Å². The van der Waals surface area contributed by atoms with E-state index in [1.165, 1.54) is 0 Å². The number of hydrogen-bond acceptors (Lipinski definition) is 5. The van der Waals surface area contributed by atoms with Crippen LogP contribution in [0.4, 0.5) is 0 Å². The Labute approximate surface area is 72.3 Å². The largest absolute Gasteiger partial charge is 0.306 e. The van der Waals surface area contributed by atoms with E-state index >= 15 is 0 Å². The lowest BCUT2D eigenvalue weighted by molar-refractivity contribution is -0.567.